The van der Waals surface area contributed by atoms with Crippen LogP contribution in [-0.2, 0) is 14.4 Å². The number of imide groups is 1. The normalized spacial score (nSPS) is 14.7. The Morgan fingerprint density at radius 2 is 1.95 bits per heavy atom. The molecule has 0 aliphatic carbocycles. The summed E-state index contributed by atoms with van der Waals surface area (Å²) < 4.78 is 0. The topological polar surface area (TPSA) is 110 Å². The fraction of sp³-hybridized carbons (Fsp3) is 0.636. The standard InChI is InChI=1S/C11H18N4O5/c1-13(2)3-4-14(7-10(18)19)9(17)6-15-8(16)5-12-11(15)20/h3-7H2,1-2H3,(H,12,20)(H,18,19). The molecule has 0 saturated carbocycles. The average molecular weight is 286 g/mol. The largest absolute Gasteiger partial charge is 0.480 e. The number of hydrogen-bond donors (Lipinski definition) is 2. The van der Waals surface area contributed by atoms with E-state index in [-0.39, 0.29) is 13.1 Å². The number of carboxylic acids is 1. The van der Waals surface area contributed by atoms with Gasteiger partial charge in [0.15, 0.2) is 0 Å². The summed E-state index contributed by atoms with van der Waals surface area (Å²) in [6, 6.07) is -0.633. The Bertz CT molecular complexity index is 407. The molecule has 0 aromatic carbocycles. The molecule has 112 valence electrons. The molecule has 0 bridgehead atoms. The molecule has 0 spiro atoms. The second-order valence-corrected chi connectivity index (χ2v) is 4.65. The van der Waals surface area contributed by atoms with Crippen molar-refractivity contribution in [2.45, 2.75) is 0 Å². The van der Waals surface area contributed by atoms with Gasteiger partial charge in [-0.05, 0) is 14.1 Å². The lowest BCUT2D eigenvalue weighted by molar-refractivity contribution is -0.145. The lowest BCUT2D eigenvalue weighted by Crippen LogP contribution is -2.46. The molecule has 0 radical (unpaired) electrons. The van der Waals surface area contributed by atoms with Gasteiger partial charge in [0.05, 0.1) is 6.54 Å². The van der Waals surface area contributed by atoms with E-state index in [4.69, 9.17) is 5.11 Å². The third-order valence-electron chi connectivity index (χ3n) is 2.73. The maximum Gasteiger partial charge on any atom is 0.325 e. The highest BCUT2D eigenvalue weighted by molar-refractivity contribution is 6.04. The number of carboxylic acid groups (broad SMARTS) is 1. The van der Waals surface area contributed by atoms with Crippen LogP contribution >= 0.6 is 0 Å². The number of rotatable bonds is 7. The molecule has 0 aromatic rings. The minimum Gasteiger partial charge on any atom is -0.480 e. The van der Waals surface area contributed by atoms with Gasteiger partial charge in [-0.2, -0.15) is 0 Å². The molecule has 0 aromatic heterocycles. The van der Waals surface area contributed by atoms with Gasteiger partial charge in [-0.3, -0.25) is 19.3 Å². The number of hydrogen-bond acceptors (Lipinski definition) is 5. The highest BCUT2D eigenvalue weighted by Crippen LogP contribution is 2.01. The van der Waals surface area contributed by atoms with Gasteiger partial charge >= 0.3 is 12.0 Å². The van der Waals surface area contributed by atoms with Crippen LogP contribution in [-0.4, -0.2) is 90.4 Å². The fourth-order valence-corrected chi connectivity index (χ4v) is 1.63. The summed E-state index contributed by atoms with van der Waals surface area (Å²) >= 11 is 0. The summed E-state index contributed by atoms with van der Waals surface area (Å²) in [7, 11) is 3.59. The first-order valence-corrected chi connectivity index (χ1v) is 6.03. The molecule has 1 fully saturated rings. The second kappa shape index (κ2) is 6.85. The average Bonchev–Trinajstić information content (AvgIpc) is 2.65. The molecule has 2 N–H and O–H groups in total. The zero-order chi connectivity index (χ0) is 15.3. The summed E-state index contributed by atoms with van der Waals surface area (Å²) in [5.41, 5.74) is 0. The van der Waals surface area contributed by atoms with Gasteiger partial charge in [-0.25, -0.2) is 4.79 Å². The Morgan fingerprint density at radius 3 is 2.40 bits per heavy atom. The van der Waals surface area contributed by atoms with Crippen molar-refractivity contribution in [1.29, 1.82) is 0 Å². The van der Waals surface area contributed by atoms with Crippen LogP contribution in [0.5, 0.6) is 0 Å². The quantitative estimate of drug-likeness (QED) is 0.524. The number of urea groups is 1. The van der Waals surface area contributed by atoms with E-state index in [1.807, 2.05) is 0 Å². The van der Waals surface area contributed by atoms with E-state index in [0.717, 1.165) is 9.80 Å². The number of likely N-dealkylation sites (N-methyl/N-ethyl adjacent to an activating group) is 1. The molecular weight excluding hydrogens is 268 g/mol. The molecule has 1 aliphatic rings. The molecule has 1 saturated heterocycles. The summed E-state index contributed by atoms with van der Waals surface area (Å²) in [6.07, 6.45) is 0. The van der Waals surface area contributed by atoms with Crippen molar-refractivity contribution in [1.82, 2.24) is 20.0 Å². The van der Waals surface area contributed by atoms with Gasteiger partial charge < -0.3 is 20.2 Å². The summed E-state index contributed by atoms with van der Waals surface area (Å²) in [5.74, 6) is -2.21. The van der Waals surface area contributed by atoms with Gasteiger partial charge in [-0.1, -0.05) is 0 Å². The lowest BCUT2D eigenvalue weighted by atomic mass is 10.4. The minimum absolute atomic E-state index is 0.136. The molecule has 1 rings (SSSR count). The van der Waals surface area contributed by atoms with Crippen molar-refractivity contribution in [3.63, 3.8) is 0 Å². The first-order chi connectivity index (χ1) is 9.31. The van der Waals surface area contributed by atoms with Gasteiger partial charge in [-0.15, -0.1) is 0 Å². The molecule has 9 heteroatoms. The first-order valence-electron chi connectivity index (χ1n) is 6.03. The van der Waals surface area contributed by atoms with Crippen LogP contribution in [0.3, 0.4) is 0 Å². The maximum atomic E-state index is 12.0. The highest BCUT2D eigenvalue weighted by Gasteiger charge is 2.31. The highest BCUT2D eigenvalue weighted by atomic mass is 16.4. The minimum atomic E-state index is -1.14. The van der Waals surface area contributed by atoms with E-state index < -0.39 is 36.9 Å². The number of carbonyl (C=O) groups is 4. The van der Waals surface area contributed by atoms with Crippen molar-refractivity contribution < 1.29 is 24.3 Å². The predicted molar refractivity (Wildman–Crippen MR) is 67.9 cm³/mol. The van der Waals surface area contributed by atoms with Crippen molar-refractivity contribution in [3.8, 4) is 0 Å². The molecule has 0 atom stereocenters. The maximum absolute atomic E-state index is 12.0. The zero-order valence-electron chi connectivity index (χ0n) is 11.5. The Labute approximate surface area is 116 Å². The summed E-state index contributed by atoms with van der Waals surface area (Å²) in [5, 5.41) is 11.1. The van der Waals surface area contributed by atoms with Crippen LogP contribution < -0.4 is 5.32 Å². The molecule has 20 heavy (non-hydrogen) atoms. The molecule has 1 heterocycles. The fourth-order valence-electron chi connectivity index (χ4n) is 1.63. The Hall–Kier alpha value is -2.16. The van der Waals surface area contributed by atoms with Crippen LogP contribution in [0.25, 0.3) is 0 Å². The van der Waals surface area contributed by atoms with Crippen molar-refractivity contribution in [3.05, 3.63) is 0 Å². The van der Waals surface area contributed by atoms with E-state index in [9.17, 15) is 19.2 Å². The zero-order valence-corrected chi connectivity index (χ0v) is 11.5. The Kier molecular flexibility index (Phi) is 5.44. The van der Waals surface area contributed by atoms with E-state index in [1.54, 1.807) is 19.0 Å². The van der Waals surface area contributed by atoms with E-state index in [2.05, 4.69) is 5.32 Å². The third kappa shape index (κ3) is 4.50. The summed E-state index contributed by atoms with van der Waals surface area (Å²) in [6.45, 7) is -0.342. The lowest BCUT2D eigenvalue weighted by Gasteiger charge is -2.24. The monoisotopic (exact) mass is 286 g/mol. The van der Waals surface area contributed by atoms with E-state index in [1.165, 1.54) is 0 Å². The molecule has 0 unspecified atom stereocenters. The number of nitrogens with zero attached hydrogens (tertiary/aromatic N) is 3. The first kappa shape index (κ1) is 15.9. The van der Waals surface area contributed by atoms with Gasteiger partial charge in [0.2, 0.25) is 5.91 Å². The smallest absolute Gasteiger partial charge is 0.325 e. The predicted octanol–water partition coefficient (Wildman–Crippen LogP) is -1.99. The van der Waals surface area contributed by atoms with E-state index >= 15 is 0 Å². The summed E-state index contributed by atoms with van der Waals surface area (Å²) in [4.78, 5) is 49.2. The Morgan fingerprint density at radius 1 is 1.30 bits per heavy atom. The molecule has 1 aliphatic heterocycles. The van der Waals surface area contributed by atoms with Gasteiger partial charge in [0, 0.05) is 13.1 Å². The Balaban J connectivity index is 2.64. The molecule has 4 amide bonds. The van der Waals surface area contributed by atoms with Crippen LogP contribution in [0.2, 0.25) is 0 Å². The number of amides is 4. The van der Waals surface area contributed by atoms with Gasteiger partial charge in [0.25, 0.3) is 5.91 Å². The van der Waals surface area contributed by atoms with Crippen molar-refractivity contribution >= 4 is 23.8 Å². The SMILES string of the molecule is CN(C)CCN(CC(=O)O)C(=O)CN1C(=O)CNC1=O. The van der Waals surface area contributed by atoms with Crippen LogP contribution in [0.15, 0.2) is 0 Å². The molecule has 9 nitrogen and oxygen atoms in total. The number of carbonyl (C=O) groups excluding carboxylic acids is 3. The number of nitrogens with one attached hydrogen (secondary N) is 1. The second-order valence-electron chi connectivity index (χ2n) is 4.65. The van der Waals surface area contributed by atoms with Crippen LogP contribution in [0, 0.1) is 0 Å². The van der Waals surface area contributed by atoms with Crippen molar-refractivity contribution in [2.24, 2.45) is 0 Å². The van der Waals surface area contributed by atoms with E-state index in [0.29, 0.717) is 6.54 Å². The van der Waals surface area contributed by atoms with Gasteiger partial charge in [0.1, 0.15) is 13.1 Å². The third-order valence-corrected chi connectivity index (χ3v) is 2.73. The van der Waals surface area contributed by atoms with Crippen molar-refractivity contribution in [2.75, 3.05) is 46.8 Å². The van der Waals surface area contributed by atoms with Crippen LogP contribution in [0.4, 0.5) is 4.79 Å². The molecular formula is C11H18N4O5. The number of aliphatic carboxylic acids is 1. The van der Waals surface area contributed by atoms with Crippen LogP contribution in [0.1, 0.15) is 0 Å².